The van der Waals surface area contributed by atoms with Gasteiger partial charge in [0.05, 0.1) is 23.6 Å². The third kappa shape index (κ3) is 3.94. The van der Waals surface area contributed by atoms with Crippen LogP contribution in [0.15, 0.2) is 68.9 Å². The summed E-state index contributed by atoms with van der Waals surface area (Å²) in [6.45, 7) is 3.80. The van der Waals surface area contributed by atoms with Crippen molar-refractivity contribution in [2.24, 2.45) is 0 Å². The summed E-state index contributed by atoms with van der Waals surface area (Å²) in [6, 6.07) is 16.1. The van der Waals surface area contributed by atoms with Gasteiger partial charge in [0.1, 0.15) is 5.76 Å². The third-order valence-electron chi connectivity index (χ3n) is 4.47. The van der Waals surface area contributed by atoms with Gasteiger partial charge in [0, 0.05) is 0 Å². The average molecular weight is 393 g/mol. The Labute approximate surface area is 166 Å². The minimum absolute atomic E-state index is 0.0927. The molecule has 28 heavy (non-hydrogen) atoms. The highest BCUT2D eigenvalue weighted by atomic mass is 32.2. The maximum atomic E-state index is 12.3. The van der Waals surface area contributed by atoms with Gasteiger partial charge in [-0.25, -0.2) is 0 Å². The number of hydrogen-bond donors (Lipinski definition) is 1. The van der Waals surface area contributed by atoms with Gasteiger partial charge < -0.3 is 14.2 Å². The van der Waals surface area contributed by atoms with Crippen LogP contribution in [0.4, 0.5) is 0 Å². The van der Waals surface area contributed by atoms with E-state index in [-0.39, 0.29) is 17.7 Å². The highest BCUT2D eigenvalue weighted by Gasteiger charge is 2.15. The molecular weight excluding hydrogens is 374 g/mol. The molecule has 0 aliphatic carbocycles. The predicted molar refractivity (Wildman–Crippen MR) is 108 cm³/mol. The number of fused-ring (bicyclic) bond motifs is 1. The van der Waals surface area contributed by atoms with Crippen molar-refractivity contribution in [3.63, 3.8) is 0 Å². The first kappa shape index (κ1) is 18.3. The van der Waals surface area contributed by atoms with E-state index in [1.807, 2.05) is 32.0 Å². The van der Waals surface area contributed by atoms with Crippen molar-refractivity contribution in [1.29, 1.82) is 0 Å². The van der Waals surface area contributed by atoms with Crippen LogP contribution in [0.5, 0.6) is 0 Å². The van der Waals surface area contributed by atoms with Gasteiger partial charge in [-0.3, -0.25) is 4.79 Å². The topological polar surface area (TPSA) is 81.2 Å². The number of aromatic nitrogens is 2. The summed E-state index contributed by atoms with van der Waals surface area (Å²) >= 11 is 1.21. The van der Waals surface area contributed by atoms with Gasteiger partial charge in [-0.1, -0.05) is 48.2 Å². The second-order valence-corrected chi connectivity index (χ2v) is 7.37. The van der Waals surface area contributed by atoms with Gasteiger partial charge >= 0.3 is 0 Å². The SMILES string of the molecule is Cc1occc1-c1nnc(SCC(=O)NC(C)c2ccc3ccccc3c2)o1. The molecule has 0 aliphatic heterocycles. The zero-order valence-electron chi connectivity index (χ0n) is 15.5. The molecule has 4 aromatic rings. The molecule has 0 fully saturated rings. The van der Waals surface area contributed by atoms with Crippen LogP contribution in [0, 0.1) is 6.92 Å². The van der Waals surface area contributed by atoms with Gasteiger partial charge in [0.15, 0.2) is 0 Å². The first-order chi connectivity index (χ1) is 13.6. The van der Waals surface area contributed by atoms with Crippen LogP contribution in [-0.4, -0.2) is 21.9 Å². The molecule has 0 saturated heterocycles. The highest BCUT2D eigenvalue weighted by Crippen LogP contribution is 2.26. The first-order valence-electron chi connectivity index (χ1n) is 8.89. The molecule has 2 aromatic heterocycles. The summed E-state index contributed by atoms with van der Waals surface area (Å²) in [6.07, 6.45) is 1.57. The minimum atomic E-state index is -0.0930. The molecule has 142 valence electrons. The van der Waals surface area contributed by atoms with Crippen LogP contribution in [0.1, 0.15) is 24.3 Å². The molecule has 1 N–H and O–H groups in total. The van der Waals surface area contributed by atoms with E-state index in [9.17, 15) is 4.79 Å². The first-order valence-corrected chi connectivity index (χ1v) is 9.87. The number of aryl methyl sites for hydroxylation is 1. The van der Waals surface area contributed by atoms with E-state index in [4.69, 9.17) is 8.83 Å². The average Bonchev–Trinajstić information content (AvgIpc) is 3.34. The van der Waals surface area contributed by atoms with E-state index in [1.165, 1.54) is 17.1 Å². The lowest BCUT2D eigenvalue weighted by Crippen LogP contribution is -2.28. The van der Waals surface area contributed by atoms with Crippen molar-refractivity contribution in [2.75, 3.05) is 5.75 Å². The Kier molecular flexibility index (Phi) is 5.16. The Bertz CT molecular complexity index is 1120. The Balaban J connectivity index is 1.35. The van der Waals surface area contributed by atoms with Crippen LogP contribution in [0.25, 0.3) is 22.2 Å². The van der Waals surface area contributed by atoms with E-state index < -0.39 is 0 Å². The molecule has 6 nitrogen and oxygen atoms in total. The maximum absolute atomic E-state index is 12.3. The maximum Gasteiger partial charge on any atom is 0.277 e. The lowest BCUT2D eigenvalue weighted by Gasteiger charge is -2.14. The molecule has 4 rings (SSSR count). The quantitative estimate of drug-likeness (QED) is 0.476. The second-order valence-electron chi connectivity index (χ2n) is 6.45. The van der Waals surface area contributed by atoms with E-state index in [0.717, 1.165) is 16.5 Å². The van der Waals surface area contributed by atoms with Crippen LogP contribution >= 0.6 is 11.8 Å². The number of nitrogens with one attached hydrogen (secondary N) is 1. The van der Waals surface area contributed by atoms with Gasteiger partial charge in [0.25, 0.3) is 11.1 Å². The summed E-state index contributed by atoms with van der Waals surface area (Å²) in [5.74, 6) is 1.20. The Morgan fingerprint density at radius 3 is 2.75 bits per heavy atom. The number of carbonyl (C=O) groups is 1. The fourth-order valence-electron chi connectivity index (χ4n) is 2.95. The number of carbonyl (C=O) groups excluding carboxylic acids is 1. The summed E-state index contributed by atoms with van der Waals surface area (Å²) in [7, 11) is 0. The molecular formula is C21H19N3O3S. The van der Waals surface area contributed by atoms with Crippen molar-refractivity contribution < 1.29 is 13.6 Å². The molecule has 7 heteroatoms. The summed E-state index contributed by atoms with van der Waals surface area (Å²) in [5, 5.41) is 13.7. The van der Waals surface area contributed by atoms with E-state index in [2.05, 4.69) is 39.8 Å². The van der Waals surface area contributed by atoms with Crippen LogP contribution in [-0.2, 0) is 4.79 Å². The number of benzene rings is 2. The molecule has 1 amide bonds. The lowest BCUT2D eigenvalue weighted by molar-refractivity contribution is -0.119. The zero-order chi connectivity index (χ0) is 19.5. The zero-order valence-corrected chi connectivity index (χ0v) is 16.3. The number of hydrogen-bond acceptors (Lipinski definition) is 6. The van der Waals surface area contributed by atoms with Gasteiger partial charge in [-0.05, 0) is 42.3 Å². The van der Waals surface area contributed by atoms with Crippen molar-refractivity contribution in [1.82, 2.24) is 15.5 Å². The van der Waals surface area contributed by atoms with Crippen LogP contribution in [0.3, 0.4) is 0 Å². The summed E-state index contributed by atoms with van der Waals surface area (Å²) in [5.41, 5.74) is 1.82. The molecule has 0 bridgehead atoms. The van der Waals surface area contributed by atoms with Crippen molar-refractivity contribution in [3.05, 3.63) is 66.1 Å². The van der Waals surface area contributed by atoms with E-state index in [0.29, 0.717) is 16.9 Å². The number of rotatable bonds is 6. The number of amides is 1. The smallest absolute Gasteiger partial charge is 0.277 e. The van der Waals surface area contributed by atoms with Crippen LogP contribution in [0.2, 0.25) is 0 Å². The third-order valence-corrected chi connectivity index (χ3v) is 5.29. The lowest BCUT2D eigenvalue weighted by atomic mass is 10.0. The molecule has 0 radical (unpaired) electrons. The number of nitrogens with zero attached hydrogens (tertiary/aromatic N) is 2. The predicted octanol–water partition coefficient (Wildman–Crippen LogP) is 4.76. The van der Waals surface area contributed by atoms with E-state index in [1.54, 1.807) is 12.3 Å². The Morgan fingerprint density at radius 2 is 1.96 bits per heavy atom. The minimum Gasteiger partial charge on any atom is -0.469 e. The molecule has 1 atom stereocenters. The van der Waals surface area contributed by atoms with Gasteiger partial charge in [-0.15, -0.1) is 10.2 Å². The van der Waals surface area contributed by atoms with Crippen molar-refractivity contribution in [2.45, 2.75) is 25.1 Å². The highest BCUT2D eigenvalue weighted by molar-refractivity contribution is 7.99. The standard InChI is InChI=1S/C21H19N3O3S/c1-13(16-8-7-15-5-3-4-6-17(15)11-16)22-19(25)12-28-21-24-23-20(27-21)18-9-10-26-14(18)2/h3-11,13H,12H2,1-2H3,(H,22,25). The summed E-state index contributed by atoms with van der Waals surface area (Å²) < 4.78 is 10.8. The van der Waals surface area contributed by atoms with Gasteiger partial charge in [0.2, 0.25) is 5.91 Å². The molecule has 2 aromatic carbocycles. The second kappa shape index (κ2) is 7.90. The molecule has 2 heterocycles. The largest absolute Gasteiger partial charge is 0.469 e. The van der Waals surface area contributed by atoms with Crippen LogP contribution < -0.4 is 5.32 Å². The van der Waals surface area contributed by atoms with E-state index >= 15 is 0 Å². The number of thioether (sulfide) groups is 1. The Hall–Kier alpha value is -3.06. The number of furan rings is 1. The van der Waals surface area contributed by atoms with Gasteiger partial charge in [-0.2, -0.15) is 0 Å². The fraction of sp³-hybridized carbons (Fsp3) is 0.190. The fourth-order valence-corrected chi connectivity index (χ4v) is 3.53. The van der Waals surface area contributed by atoms with Crippen molar-refractivity contribution >= 4 is 28.4 Å². The normalized spacial score (nSPS) is 12.2. The monoisotopic (exact) mass is 393 g/mol. The molecule has 0 spiro atoms. The van der Waals surface area contributed by atoms with Crippen molar-refractivity contribution in [3.8, 4) is 11.5 Å². The Morgan fingerprint density at radius 1 is 1.14 bits per heavy atom. The summed E-state index contributed by atoms with van der Waals surface area (Å²) in [4.78, 5) is 12.3. The molecule has 0 saturated carbocycles. The molecule has 0 aliphatic rings. The molecule has 1 unspecified atom stereocenters.